The summed E-state index contributed by atoms with van der Waals surface area (Å²) in [5, 5.41) is 2.89. The van der Waals surface area contributed by atoms with Crippen molar-refractivity contribution in [2.24, 2.45) is 5.92 Å². The maximum absolute atomic E-state index is 12.0. The van der Waals surface area contributed by atoms with Gasteiger partial charge in [-0.25, -0.2) is 9.97 Å². The number of carbonyl (C=O) groups excluding carboxylic acids is 1. The van der Waals surface area contributed by atoms with Gasteiger partial charge in [0.05, 0.1) is 5.56 Å². The number of piperazine rings is 1. The molecular formula is C20H27N5O. The van der Waals surface area contributed by atoms with E-state index in [0.717, 1.165) is 32.7 Å². The van der Waals surface area contributed by atoms with E-state index in [1.165, 1.54) is 5.56 Å². The Kier molecular flexibility index (Phi) is 6.17. The summed E-state index contributed by atoms with van der Waals surface area (Å²) in [6.07, 6.45) is 3.24. The Labute approximate surface area is 155 Å². The molecule has 0 bridgehead atoms. The van der Waals surface area contributed by atoms with Crippen LogP contribution in [-0.2, 0) is 6.54 Å². The van der Waals surface area contributed by atoms with Crippen LogP contribution in [0.15, 0.2) is 42.7 Å². The van der Waals surface area contributed by atoms with Gasteiger partial charge in [-0.2, -0.15) is 0 Å². The van der Waals surface area contributed by atoms with Crippen LogP contribution >= 0.6 is 0 Å². The van der Waals surface area contributed by atoms with Crippen molar-refractivity contribution < 1.29 is 4.79 Å². The van der Waals surface area contributed by atoms with Crippen molar-refractivity contribution in [2.75, 3.05) is 37.6 Å². The third-order valence-corrected chi connectivity index (χ3v) is 4.48. The first-order valence-electron chi connectivity index (χ1n) is 9.23. The van der Waals surface area contributed by atoms with E-state index >= 15 is 0 Å². The van der Waals surface area contributed by atoms with E-state index in [2.05, 4.69) is 63.2 Å². The minimum Gasteiger partial charge on any atom is -0.352 e. The van der Waals surface area contributed by atoms with Crippen LogP contribution in [0.1, 0.15) is 29.8 Å². The summed E-state index contributed by atoms with van der Waals surface area (Å²) in [4.78, 5) is 25.5. The Hall–Kier alpha value is -2.47. The lowest BCUT2D eigenvalue weighted by molar-refractivity contribution is 0.0948. The zero-order chi connectivity index (χ0) is 18.4. The summed E-state index contributed by atoms with van der Waals surface area (Å²) in [7, 11) is 0. The zero-order valence-electron chi connectivity index (χ0n) is 15.6. The van der Waals surface area contributed by atoms with Crippen molar-refractivity contribution in [1.29, 1.82) is 0 Å². The van der Waals surface area contributed by atoms with Gasteiger partial charge in [-0.15, -0.1) is 0 Å². The van der Waals surface area contributed by atoms with E-state index in [4.69, 9.17) is 0 Å². The van der Waals surface area contributed by atoms with E-state index in [-0.39, 0.29) is 5.91 Å². The summed E-state index contributed by atoms with van der Waals surface area (Å²) in [5.41, 5.74) is 1.85. The number of nitrogens with one attached hydrogen (secondary N) is 1. The van der Waals surface area contributed by atoms with Gasteiger partial charge in [-0.1, -0.05) is 44.2 Å². The van der Waals surface area contributed by atoms with Gasteiger partial charge in [0.2, 0.25) is 5.95 Å². The SMILES string of the molecule is CC(C)CNC(=O)c1cnc(N2CCN(Cc3ccccc3)CC2)nc1. The number of hydrogen-bond donors (Lipinski definition) is 1. The van der Waals surface area contributed by atoms with Gasteiger partial charge in [-0.05, 0) is 11.5 Å². The second-order valence-corrected chi connectivity index (χ2v) is 7.12. The quantitative estimate of drug-likeness (QED) is 0.862. The van der Waals surface area contributed by atoms with Gasteiger partial charge < -0.3 is 10.2 Å². The number of hydrogen-bond acceptors (Lipinski definition) is 5. The molecule has 2 heterocycles. The second kappa shape index (κ2) is 8.76. The molecule has 138 valence electrons. The maximum atomic E-state index is 12.0. The van der Waals surface area contributed by atoms with Crippen molar-refractivity contribution in [3.8, 4) is 0 Å². The summed E-state index contributed by atoms with van der Waals surface area (Å²) in [5.74, 6) is 1.01. The van der Waals surface area contributed by atoms with E-state index in [9.17, 15) is 4.79 Å². The number of nitrogens with zero attached hydrogens (tertiary/aromatic N) is 4. The summed E-state index contributed by atoms with van der Waals surface area (Å²) in [6, 6.07) is 10.5. The topological polar surface area (TPSA) is 61.4 Å². The highest BCUT2D eigenvalue weighted by Crippen LogP contribution is 2.13. The summed E-state index contributed by atoms with van der Waals surface area (Å²) >= 11 is 0. The Balaban J connectivity index is 1.50. The molecule has 0 radical (unpaired) electrons. The molecule has 0 aliphatic carbocycles. The third kappa shape index (κ3) is 5.02. The van der Waals surface area contributed by atoms with Crippen LogP contribution in [0, 0.1) is 5.92 Å². The number of aromatic nitrogens is 2. The van der Waals surface area contributed by atoms with Crippen LogP contribution in [0.5, 0.6) is 0 Å². The normalized spacial score (nSPS) is 15.3. The zero-order valence-corrected chi connectivity index (χ0v) is 15.6. The Morgan fingerprint density at radius 1 is 1.08 bits per heavy atom. The monoisotopic (exact) mass is 353 g/mol. The molecule has 1 N–H and O–H groups in total. The number of anilines is 1. The second-order valence-electron chi connectivity index (χ2n) is 7.12. The average Bonchev–Trinajstić information content (AvgIpc) is 2.68. The van der Waals surface area contributed by atoms with Crippen LogP contribution in [0.3, 0.4) is 0 Å². The molecule has 0 unspecified atom stereocenters. The van der Waals surface area contributed by atoms with Gasteiger partial charge in [0.1, 0.15) is 0 Å². The molecule has 6 nitrogen and oxygen atoms in total. The first-order chi connectivity index (χ1) is 12.6. The predicted molar refractivity (Wildman–Crippen MR) is 103 cm³/mol. The van der Waals surface area contributed by atoms with Crippen molar-refractivity contribution in [3.63, 3.8) is 0 Å². The molecule has 1 saturated heterocycles. The molecule has 0 atom stereocenters. The van der Waals surface area contributed by atoms with Gasteiger partial charge >= 0.3 is 0 Å². The van der Waals surface area contributed by atoms with E-state index in [0.29, 0.717) is 24.0 Å². The number of amides is 1. The lowest BCUT2D eigenvalue weighted by Crippen LogP contribution is -2.46. The van der Waals surface area contributed by atoms with Crippen molar-refractivity contribution >= 4 is 11.9 Å². The average molecular weight is 353 g/mol. The van der Waals surface area contributed by atoms with Crippen molar-refractivity contribution in [1.82, 2.24) is 20.2 Å². The fourth-order valence-electron chi connectivity index (χ4n) is 2.95. The molecule has 26 heavy (non-hydrogen) atoms. The molecule has 1 aromatic heterocycles. The highest BCUT2D eigenvalue weighted by molar-refractivity contribution is 5.93. The first kappa shape index (κ1) is 18.3. The lowest BCUT2D eigenvalue weighted by Gasteiger charge is -2.34. The molecule has 0 saturated carbocycles. The fourth-order valence-corrected chi connectivity index (χ4v) is 2.95. The van der Waals surface area contributed by atoms with Crippen LogP contribution in [-0.4, -0.2) is 53.5 Å². The summed E-state index contributed by atoms with van der Waals surface area (Å²) < 4.78 is 0. The van der Waals surface area contributed by atoms with E-state index in [1.54, 1.807) is 12.4 Å². The molecular weight excluding hydrogens is 326 g/mol. The Morgan fingerprint density at radius 2 is 1.73 bits per heavy atom. The van der Waals surface area contributed by atoms with Crippen LogP contribution in [0.2, 0.25) is 0 Å². The molecule has 1 amide bonds. The smallest absolute Gasteiger partial charge is 0.254 e. The minimum atomic E-state index is -0.113. The lowest BCUT2D eigenvalue weighted by atomic mass is 10.2. The van der Waals surface area contributed by atoms with Gasteiger partial charge in [0, 0.05) is 51.7 Å². The minimum absolute atomic E-state index is 0.113. The van der Waals surface area contributed by atoms with Crippen molar-refractivity contribution in [2.45, 2.75) is 20.4 Å². The predicted octanol–water partition coefficient (Wildman–Crippen LogP) is 2.18. The summed E-state index contributed by atoms with van der Waals surface area (Å²) in [6.45, 7) is 9.52. The van der Waals surface area contributed by atoms with E-state index < -0.39 is 0 Å². The van der Waals surface area contributed by atoms with E-state index in [1.807, 2.05) is 6.07 Å². The molecule has 0 spiro atoms. The van der Waals surface area contributed by atoms with Crippen LogP contribution in [0.4, 0.5) is 5.95 Å². The molecule has 2 aromatic rings. The van der Waals surface area contributed by atoms with Crippen molar-refractivity contribution in [3.05, 3.63) is 53.9 Å². The van der Waals surface area contributed by atoms with Crippen LogP contribution < -0.4 is 10.2 Å². The maximum Gasteiger partial charge on any atom is 0.254 e. The molecule has 3 rings (SSSR count). The molecule has 1 aromatic carbocycles. The standard InChI is InChI=1S/C20H27N5O/c1-16(2)12-21-19(26)18-13-22-20(23-14-18)25-10-8-24(9-11-25)15-17-6-4-3-5-7-17/h3-7,13-14,16H,8-12,15H2,1-2H3,(H,21,26). The molecule has 1 fully saturated rings. The third-order valence-electron chi connectivity index (χ3n) is 4.48. The number of carbonyl (C=O) groups is 1. The first-order valence-corrected chi connectivity index (χ1v) is 9.23. The molecule has 1 aliphatic rings. The largest absolute Gasteiger partial charge is 0.352 e. The number of benzene rings is 1. The Morgan fingerprint density at radius 3 is 2.35 bits per heavy atom. The fraction of sp³-hybridized carbons (Fsp3) is 0.450. The van der Waals surface area contributed by atoms with Gasteiger partial charge in [0.15, 0.2) is 0 Å². The van der Waals surface area contributed by atoms with Gasteiger partial charge in [-0.3, -0.25) is 9.69 Å². The van der Waals surface area contributed by atoms with Gasteiger partial charge in [0.25, 0.3) is 5.91 Å². The van der Waals surface area contributed by atoms with Crippen LogP contribution in [0.25, 0.3) is 0 Å². The number of rotatable bonds is 6. The molecule has 1 aliphatic heterocycles. The highest BCUT2D eigenvalue weighted by atomic mass is 16.1. The Bertz CT molecular complexity index is 694. The highest BCUT2D eigenvalue weighted by Gasteiger charge is 2.19. The molecule has 6 heteroatoms.